The van der Waals surface area contributed by atoms with Gasteiger partial charge < -0.3 is 16.0 Å². The zero-order valence-corrected chi connectivity index (χ0v) is 13.7. The van der Waals surface area contributed by atoms with Gasteiger partial charge in [-0.05, 0) is 59.3 Å². The van der Waals surface area contributed by atoms with Crippen LogP contribution < -0.4 is 5.73 Å². The summed E-state index contributed by atoms with van der Waals surface area (Å²) in [6.07, 6.45) is 2.91. The van der Waals surface area contributed by atoms with Crippen molar-refractivity contribution < 1.29 is 10.3 Å². The van der Waals surface area contributed by atoms with Crippen molar-refractivity contribution in [2.75, 3.05) is 5.73 Å². The fourth-order valence-corrected chi connectivity index (χ4v) is 3.74. The number of nitrogen functional groups attached to an aromatic ring is 1. The fourth-order valence-electron chi connectivity index (χ4n) is 2.43. The number of hydroxylamine groups is 2. The minimum atomic E-state index is -0.213. The van der Waals surface area contributed by atoms with Crippen molar-refractivity contribution in [2.45, 2.75) is 44.4 Å². The summed E-state index contributed by atoms with van der Waals surface area (Å²) in [5, 5.41) is 21.0. The van der Waals surface area contributed by atoms with E-state index in [4.69, 9.17) is 5.73 Å². The first-order valence-corrected chi connectivity index (χ1v) is 7.93. The molecule has 0 radical (unpaired) electrons. The number of halogens is 2. The molecule has 6 heteroatoms. The monoisotopic (exact) mass is 392 g/mol. The smallest absolute Gasteiger partial charge is 0.0541 e. The molecule has 0 bridgehead atoms. The number of nitrogens with zero attached hydrogens (tertiary/aromatic N) is 1. The van der Waals surface area contributed by atoms with E-state index in [0.717, 1.165) is 40.2 Å². The predicted octanol–water partition coefficient (Wildman–Crippen LogP) is 3.29. The first-order chi connectivity index (χ1) is 8.97. The normalized spacial score (nSPS) is 23.8. The molecule has 0 saturated heterocycles. The van der Waals surface area contributed by atoms with Gasteiger partial charge in [-0.1, -0.05) is 15.9 Å². The van der Waals surface area contributed by atoms with Crippen LogP contribution in [0.5, 0.6) is 0 Å². The minimum absolute atomic E-state index is 0.0977. The first kappa shape index (κ1) is 15.3. The van der Waals surface area contributed by atoms with Gasteiger partial charge >= 0.3 is 0 Å². The molecule has 19 heavy (non-hydrogen) atoms. The molecule has 1 saturated carbocycles. The second kappa shape index (κ2) is 6.54. The highest BCUT2D eigenvalue weighted by atomic mass is 79.9. The maximum Gasteiger partial charge on any atom is 0.0541 e. The van der Waals surface area contributed by atoms with Crippen LogP contribution >= 0.6 is 31.9 Å². The summed E-state index contributed by atoms with van der Waals surface area (Å²) in [7, 11) is 0. The molecule has 4 N–H and O–H groups in total. The SMILES string of the molecule is Nc1c(Br)cc(Br)cc1CN(O)C1CCC(O)CC1. The number of nitrogens with two attached hydrogens (primary N) is 1. The van der Waals surface area contributed by atoms with Gasteiger partial charge in [0.05, 0.1) is 18.3 Å². The average molecular weight is 394 g/mol. The summed E-state index contributed by atoms with van der Waals surface area (Å²) >= 11 is 6.82. The van der Waals surface area contributed by atoms with Gasteiger partial charge in [-0.25, -0.2) is 0 Å². The molecule has 1 aromatic carbocycles. The largest absolute Gasteiger partial charge is 0.398 e. The van der Waals surface area contributed by atoms with E-state index < -0.39 is 0 Å². The van der Waals surface area contributed by atoms with E-state index in [0.29, 0.717) is 12.2 Å². The summed E-state index contributed by atoms with van der Waals surface area (Å²) < 4.78 is 1.75. The van der Waals surface area contributed by atoms with Gasteiger partial charge in [0, 0.05) is 15.0 Å². The highest BCUT2D eigenvalue weighted by Gasteiger charge is 2.24. The molecule has 0 amide bonds. The van der Waals surface area contributed by atoms with Crippen molar-refractivity contribution >= 4 is 37.5 Å². The van der Waals surface area contributed by atoms with Crippen LogP contribution in [0.15, 0.2) is 21.1 Å². The fraction of sp³-hybridized carbons (Fsp3) is 0.538. The van der Waals surface area contributed by atoms with Crippen LogP contribution in [0.4, 0.5) is 5.69 Å². The molecule has 0 atom stereocenters. The van der Waals surface area contributed by atoms with E-state index in [1.165, 1.54) is 5.06 Å². The van der Waals surface area contributed by atoms with Crippen LogP contribution in [0.2, 0.25) is 0 Å². The van der Waals surface area contributed by atoms with Crippen molar-refractivity contribution in [2.24, 2.45) is 0 Å². The lowest BCUT2D eigenvalue weighted by molar-refractivity contribution is -0.148. The summed E-state index contributed by atoms with van der Waals surface area (Å²) in [5.41, 5.74) is 7.54. The molecule has 1 aliphatic rings. The number of benzene rings is 1. The Labute approximate surface area is 129 Å². The lowest BCUT2D eigenvalue weighted by Crippen LogP contribution is -2.36. The molecular formula is C13H18Br2N2O2. The summed E-state index contributed by atoms with van der Waals surface area (Å²) in [4.78, 5) is 0. The lowest BCUT2D eigenvalue weighted by atomic mass is 9.92. The summed E-state index contributed by atoms with van der Waals surface area (Å²) in [6, 6.07) is 3.90. The lowest BCUT2D eigenvalue weighted by Gasteiger charge is -2.31. The van der Waals surface area contributed by atoms with Gasteiger partial charge in [0.25, 0.3) is 0 Å². The van der Waals surface area contributed by atoms with Gasteiger partial charge in [-0.3, -0.25) is 0 Å². The Kier molecular flexibility index (Phi) is 5.25. The predicted molar refractivity (Wildman–Crippen MR) is 81.8 cm³/mol. The van der Waals surface area contributed by atoms with E-state index in [1.54, 1.807) is 0 Å². The Morgan fingerprint density at radius 1 is 1.21 bits per heavy atom. The maximum atomic E-state index is 10.2. The molecule has 1 fully saturated rings. The summed E-state index contributed by atoms with van der Waals surface area (Å²) in [6.45, 7) is 0.393. The molecule has 0 aromatic heterocycles. The topological polar surface area (TPSA) is 69.7 Å². The number of hydrogen-bond donors (Lipinski definition) is 3. The Balaban J connectivity index is 2.04. The standard InChI is InChI=1S/C13H18Br2N2O2/c14-9-5-8(13(16)12(15)6-9)7-17(19)10-1-3-11(18)4-2-10/h5-6,10-11,18-19H,1-4,7,16H2. The molecule has 0 spiro atoms. The highest BCUT2D eigenvalue weighted by molar-refractivity contribution is 9.11. The summed E-state index contributed by atoms with van der Waals surface area (Å²) in [5.74, 6) is 0. The average Bonchev–Trinajstić information content (AvgIpc) is 2.36. The Hall–Kier alpha value is -0.140. The maximum absolute atomic E-state index is 10.2. The third-order valence-corrected chi connectivity index (χ3v) is 4.71. The quantitative estimate of drug-likeness (QED) is 0.544. The van der Waals surface area contributed by atoms with E-state index >= 15 is 0 Å². The number of hydrogen-bond acceptors (Lipinski definition) is 4. The second-order valence-electron chi connectivity index (χ2n) is 5.02. The molecule has 1 aliphatic carbocycles. The van der Waals surface area contributed by atoms with E-state index in [2.05, 4.69) is 31.9 Å². The van der Waals surface area contributed by atoms with E-state index in [-0.39, 0.29) is 12.1 Å². The molecule has 1 aromatic rings. The molecule has 0 unspecified atom stereocenters. The van der Waals surface area contributed by atoms with Crippen molar-refractivity contribution in [3.05, 3.63) is 26.6 Å². The van der Waals surface area contributed by atoms with Gasteiger partial charge in [0.15, 0.2) is 0 Å². The van der Waals surface area contributed by atoms with Crippen LogP contribution in [-0.4, -0.2) is 27.5 Å². The number of aliphatic hydroxyl groups is 1. The Morgan fingerprint density at radius 3 is 2.47 bits per heavy atom. The molecular weight excluding hydrogens is 376 g/mol. The minimum Gasteiger partial charge on any atom is -0.398 e. The zero-order valence-electron chi connectivity index (χ0n) is 10.5. The van der Waals surface area contributed by atoms with Gasteiger partial charge in [-0.2, -0.15) is 5.06 Å². The van der Waals surface area contributed by atoms with Gasteiger partial charge in [-0.15, -0.1) is 0 Å². The van der Waals surface area contributed by atoms with Crippen LogP contribution in [0.3, 0.4) is 0 Å². The van der Waals surface area contributed by atoms with Crippen molar-refractivity contribution in [1.29, 1.82) is 0 Å². The zero-order chi connectivity index (χ0) is 14.0. The van der Waals surface area contributed by atoms with Crippen LogP contribution in [0, 0.1) is 0 Å². The third-order valence-electron chi connectivity index (χ3n) is 3.60. The number of rotatable bonds is 3. The Bertz CT molecular complexity index is 449. The van der Waals surface area contributed by atoms with Crippen molar-refractivity contribution in [1.82, 2.24) is 5.06 Å². The molecule has 2 rings (SSSR count). The molecule has 0 heterocycles. The van der Waals surface area contributed by atoms with E-state index in [1.807, 2.05) is 12.1 Å². The first-order valence-electron chi connectivity index (χ1n) is 6.34. The Morgan fingerprint density at radius 2 is 1.84 bits per heavy atom. The number of anilines is 1. The van der Waals surface area contributed by atoms with E-state index in [9.17, 15) is 10.3 Å². The van der Waals surface area contributed by atoms with Crippen LogP contribution in [0.1, 0.15) is 31.2 Å². The van der Waals surface area contributed by atoms with Gasteiger partial charge in [0.2, 0.25) is 0 Å². The highest BCUT2D eigenvalue weighted by Crippen LogP contribution is 2.30. The van der Waals surface area contributed by atoms with Gasteiger partial charge in [0.1, 0.15) is 0 Å². The van der Waals surface area contributed by atoms with Crippen LogP contribution in [0.25, 0.3) is 0 Å². The van der Waals surface area contributed by atoms with Crippen molar-refractivity contribution in [3.8, 4) is 0 Å². The van der Waals surface area contributed by atoms with Crippen molar-refractivity contribution in [3.63, 3.8) is 0 Å². The van der Waals surface area contributed by atoms with Crippen LogP contribution in [-0.2, 0) is 6.54 Å². The number of aliphatic hydroxyl groups excluding tert-OH is 1. The third kappa shape index (κ3) is 3.92. The molecule has 106 valence electrons. The second-order valence-corrected chi connectivity index (χ2v) is 6.79. The molecule has 4 nitrogen and oxygen atoms in total. The molecule has 0 aliphatic heterocycles.